The van der Waals surface area contributed by atoms with Gasteiger partial charge < -0.3 is 4.90 Å². The largest absolute Gasteiger partial charge is 0.341 e. The van der Waals surface area contributed by atoms with E-state index in [0.717, 1.165) is 18.0 Å². The summed E-state index contributed by atoms with van der Waals surface area (Å²) >= 11 is 13.5. The summed E-state index contributed by atoms with van der Waals surface area (Å²) in [6.45, 7) is 5.71. The van der Waals surface area contributed by atoms with Gasteiger partial charge in [-0.05, 0) is 36.9 Å². The second kappa shape index (κ2) is 5.82. The van der Waals surface area contributed by atoms with Gasteiger partial charge in [0, 0.05) is 13.1 Å². The lowest BCUT2D eigenvalue weighted by molar-refractivity contribution is 0.814. The minimum atomic E-state index is 0.186. The zero-order chi connectivity index (χ0) is 13.1. The van der Waals surface area contributed by atoms with Crippen LogP contribution in [0.4, 0.5) is 5.95 Å². The Balaban J connectivity index is 2.47. The third kappa shape index (κ3) is 2.74. The molecule has 0 aliphatic carbocycles. The van der Waals surface area contributed by atoms with Gasteiger partial charge in [0.15, 0.2) is 5.82 Å². The molecular weight excluding hydrogens is 291 g/mol. The lowest BCUT2D eigenvalue weighted by Gasteiger charge is -2.18. The van der Waals surface area contributed by atoms with Crippen molar-refractivity contribution in [1.29, 1.82) is 0 Å². The van der Waals surface area contributed by atoms with Crippen LogP contribution in [0.5, 0.6) is 0 Å². The lowest BCUT2D eigenvalue weighted by Crippen LogP contribution is -2.24. The first-order chi connectivity index (χ1) is 8.65. The SMILES string of the molecule is CCN(CC)c1nc(Cl)nc(-c2sccc2Cl)n1. The minimum Gasteiger partial charge on any atom is -0.341 e. The zero-order valence-electron chi connectivity index (χ0n) is 10.0. The van der Waals surface area contributed by atoms with Crippen molar-refractivity contribution in [3.8, 4) is 10.7 Å². The summed E-state index contributed by atoms with van der Waals surface area (Å²) in [6, 6.07) is 1.82. The van der Waals surface area contributed by atoms with Gasteiger partial charge in [0.2, 0.25) is 11.2 Å². The van der Waals surface area contributed by atoms with E-state index in [2.05, 4.69) is 15.0 Å². The van der Waals surface area contributed by atoms with Crippen molar-refractivity contribution >= 4 is 40.5 Å². The van der Waals surface area contributed by atoms with E-state index in [0.29, 0.717) is 16.8 Å². The quantitative estimate of drug-likeness (QED) is 0.862. The molecule has 0 aliphatic rings. The molecule has 0 spiro atoms. The molecule has 0 aliphatic heterocycles. The molecule has 0 saturated heterocycles. The molecule has 0 aromatic carbocycles. The van der Waals surface area contributed by atoms with E-state index >= 15 is 0 Å². The number of hydrogen-bond acceptors (Lipinski definition) is 5. The molecule has 0 atom stereocenters. The van der Waals surface area contributed by atoms with E-state index < -0.39 is 0 Å². The van der Waals surface area contributed by atoms with Gasteiger partial charge in [-0.2, -0.15) is 15.0 Å². The number of hydrogen-bond donors (Lipinski definition) is 0. The number of nitrogens with zero attached hydrogens (tertiary/aromatic N) is 4. The number of aromatic nitrogens is 3. The highest BCUT2D eigenvalue weighted by atomic mass is 35.5. The molecule has 18 heavy (non-hydrogen) atoms. The second-order valence-corrected chi connectivity index (χ2v) is 5.16. The molecule has 4 nitrogen and oxygen atoms in total. The zero-order valence-corrected chi connectivity index (χ0v) is 12.4. The average Bonchev–Trinajstić information content (AvgIpc) is 2.76. The molecule has 2 aromatic heterocycles. The smallest absolute Gasteiger partial charge is 0.230 e. The van der Waals surface area contributed by atoms with Gasteiger partial charge >= 0.3 is 0 Å². The number of halogens is 2. The van der Waals surface area contributed by atoms with E-state index in [-0.39, 0.29) is 5.28 Å². The fourth-order valence-electron chi connectivity index (χ4n) is 1.54. The fraction of sp³-hybridized carbons (Fsp3) is 0.364. The van der Waals surface area contributed by atoms with Crippen molar-refractivity contribution in [3.63, 3.8) is 0 Å². The molecule has 2 rings (SSSR count). The molecule has 0 amide bonds. The molecule has 96 valence electrons. The predicted octanol–water partition coefficient (Wildman–Crippen LogP) is 3.75. The molecule has 7 heteroatoms. The number of rotatable bonds is 4. The van der Waals surface area contributed by atoms with Crippen molar-refractivity contribution in [2.24, 2.45) is 0 Å². The van der Waals surface area contributed by atoms with E-state index in [9.17, 15) is 0 Å². The Labute approximate surface area is 120 Å². The minimum absolute atomic E-state index is 0.186. The summed E-state index contributed by atoms with van der Waals surface area (Å²) in [5, 5.41) is 2.71. The maximum absolute atomic E-state index is 6.08. The van der Waals surface area contributed by atoms with Crippen molar-refractivity contribution in [2.45, 2.75) is 13.8 Å². The summed E-state index contributed by atoms with van der Waals surface area (Å²) in [5.41, 5.74) is 0. The number of anilines is 1. The van der Waals surface area contributed by atoms with Crippen molar-refractivity contribution in [3.05, 3.63) is 21.8 Å². The first-order valence-electron chi connectivity index (χ1n) is 5.55. The van der Waals surface area contributed by atoms with Gasteiger partial charge in [-0.25, -0.2) is 0 Å². The first kappa shape index (κ1) is 13.5. The van der Waals surface area contributed by atoms with Crippen molar-refractivity contribution < 1.29 is 0 Å². The van der Waals surface area contributed by atoms with Crippen LogP contribution in [0.1, 0.15) is 13.8 Å². The lowest BCUT2D eigenvalue weighted by atomic mass is 10.4. The normalized spacial score (nSPS) is 10.7. The van der Waals surface area contributed by atoms with E-state index in [4.69, 9.17) is 23.2 Å². The molecule has 0 saturated carbocycles. The van der Waals surface area contributed by atoms with Crippen LogP contribution in [0.3, 0.4) is 0 Å². The van der Waals surface area contributed by atoms with Crippen molar-refractivity contribution in [2.75, 3.05) is 18.0 Å². The summed E-state index contributed by atoms with van der Waals surface area (Å²) in [5.74, 6) is 1.11. The van der Waals surface area contributed by atoms with Gasteiger partial charge in [0.1, 0.15) is 0 Å². The Morgan fingerprint density at radius 1 is 1.17 bits per heavy atom. The van der Waals surface area contributed by atoms with Crippen LogP contribution < -0.4 is 4.90 Å². The topological polar surface area (TPSA) is 41.9 Å². The van der Waals surface area contributed by atoms with Crippen molar-refractivity contribution in [1.82, 2.24) is 15.0 Å². The maximum atomic E-state index is 6.08. The van der Waals surface area contributed by atoms with Gasteiger partial charge in [-0.3, -0.25) is 0 Å². The van der Waals surface area contributed by atoms with Gasteiger partial charge in [-0.1, -0.05) is 11.6 Å². The molecule has 0 bridgehead atoms. The molecule has 0 unspecified atom stereocenters. The molecular formula is C11H12Cl2N4S. The van der Waals surface area contributed by atoms with Crippen LogP contribution in [0.25, 0.3) is 10.7 Å². The highest BCUT2D eigenvalue weighted by Crippen LogP contribution is 2.31. The van der Waals surface area contributed by atoms with E-state index in [1.807, 2.05) is 30.2 Å². The molecule has 2 aromatic rings. The number of thiophene rings is 1. The fourth-order valence-corrected chi connectivity index (χ4v) is 2.77. The Hall–Kier alpha value is -0.910. The first-order valence-corrected chi connectivity index (χ1v) is 7.19. The molecule has 0 N–H and O–H groups in total. The van der Waals surface area contributed by atoms with Gasteiger partial charge in [0.05, 0.1) is 9.90 Å². The Morgan fingerprint density at radius 2 is 1.89 bits per heavy atom. The Morgan fingerprint density at radius 3 is 2.44 bits per heavy atom. The van der Waals surface area contributed by atoms with Gasteiger partial charge in [-0.15, -0.1) is 11.3 Å². The summed E-state index contributed by atoms with van der Waals surface area (Å²) in [4.78, 5) is 15.5. The molecule has 2 heterocycles. The average molecular weight is 303 g/mol. The van der Waals surface area contributed by atoms with Crippen LogP contribution in [-0.4, -0.2) is 28.0 Å². The van der Waals surface area contributed by atoms with Crippen LogP contribution in [-0.2, 0) is 0 Å². The van der Waals surface area contributed by atoms with Gasteiger partial charge in [0.25, 0.3) is 0 Å². The van der Waals surface area contributed by atoms with E-state index in [1.54, 1.807) is 0 Å². The predicted molar refractivity (Wildman–Crippen MR) is 76.7 cm³/mol. The van der Waals surface area contributed by atoms with Crippen LogP contribution in [0.2, 0.25) is 10.3 Å². The van der Waals surface area contributed by atoms with Crippen LogP contribution in [0, 0.1) is 0 Å². The summed E-state index contributed by atoms with van der Waals surface area (Å²) in [6.07, 6.45) is 0. The third-order valence-corrected chi connectivity index (χ3v) is 3.97. The Kier molecular flexibility index (Phi) is 4.37. The van der Waals surface area contributed by atoms with E-state index in [1.165, 1.54) is 11.3 Å². The van der Waals surface area contributed by atoms with Crippen LogP contribution >= 0.6 is 34.5 Å². The Bertz CT molecular complexity index is 540. The second-order valence-electron chi connectivity index (χ2n) is 3.50. The maximum Gasteiger partial charge on any atom is 0.230 e. The molecule has 0 radical (unpaired) electrons. The molecule has 0 fully saturated rings. The summed E-state index contributed by atoms with van der Waals surface area (Å²) < 4.78 is 0. The monoisotopic (exact) mass is 302 g/mol. The van der Waals surface area contributed by atoms with Crippen LogP contribution in [0.15, 0.2) is 11.4 Å². The highest BCUT2D eigenvalue weighted by Gasteiger charge is 2.14. The highest BCUT2D eigenvalue weighted by molar-refractivity contribution is 7.14. The third-order valence-electron chi connectivity index (χ3n) is 2.46. The standard InChI is InChI=1S/C11H12Cl2N4S/c1-3-17(4-2)11-15-9(14-10(13)16-11)8-7(12)5-6-18-8/h5-6H,3-4H2,1-2H3. The summed E-state index contributed by atoms with van der Waals surface area (Å²) in [7, 11) is 0.